The van der Waals surface area contributed by atoms with Crippen LogP contribution in [-0.2, 0) is 11.2 Å². The maximum atomic E-state index is 11.5. The number of hydrogen-bond acceptors (Lipinski definition) is 4. The number of likely N-dealkylation sites (N-methyl/N-ethyl adjacent to an activating group) is 1. The van der Waals surface area contributed by atoms with Crippen molar-refractivity contribution in [1.29, 1.82) is 0 Å². The van der Waals surface area contributed by atoms with Gasteiger partial charge >= 0.3 is 5.97 Å². The highest BCUT2D eigenvalue weighted by atomic mass is 16.5. The van der Waals surface area contributed by atoms with E-state index < -0.39 is 6.10 Å². The van der Waals surface area contributed by atoms with Crippen molar-refractivity contribution in [2.24, 2.45) is 0 Å². The van der Waals surface area contributed by atoms with E-state index in [0.29, 0.717) is 12.1 Å². The summed E-state index contributed by atoms with van der Waals surface area (Å²) < 4.78 is 4.71. The molecule has 4 nitrogen and oxygen atoms in total. The van der Waals surface area contributed by atoms with E-state index in [4.69, 9.17) is 4.74 Å². The summed E-state index contributed by atoms with van der Waals surface area (Å²) in [5.41, 5.74) is 2.64. The molecular formula is C20H25NO3. The molecule has 0 aromatic heterocycles. The van der Waals surface area contributed by atoms with Crippen molar-refractivity contribution in [3.8, 4) is 0 Å². The lowest BCUT2D eigenvalue weighted by Gasteiger charge is -2.27. The third-order valence-electron chi connectivity index (χ3n) is 4.30. The van der Waals surface area contributed by atoms with Gasteiger partial charge in [0, 0.05) is 12.6 Å². The van der Waals surface area contributed by atoms with Crippen LogP contribution in [0.25, 0.3) is 0 Å². The van der Waals surface area contributed by atoms with Gasteiger partial charge in [0.05, 0.1) is 18.8 Å². The second-order valence-electron chi connectivity index (χ2n) is 6.11. The molecule has 1 unspecified atom stereocenters. The third kappa shape index (κ3) is 4.91. The van der Waals surface area contributed by atoms with E-state index in [1.165, 1.54) is 7.11 Å². The average molecular weight is 327 g/mol. The second kappa shape index (κ2) is 8.62. The molecule has 128 valence electrons. The Morgan fingerprint density at radius 2 is 1.75 bits per heavy atom. The van der Waals surface area contributed by atoms with Crippen LogP contribution in [0.4, 0.5) is 0 Å². The van der Waals surface area contributed by atoms with Crippen molar-refractivity contribution in [1.82, 2.24) is 4.90 Å². The Hall–Kier alpha value is -2.17. The van der Waals surface area contributed by atoms with Gasteiger partial charge in [-0.15, -0.1) is 0 Å². The van der Waals surface area contributed by atoms with E-state index >= 15 is 0 Å². The first-order chi connectivity index (χ1) is 11.5. The molecule has 0 heterocycles. The number of methoxy groups -OCH3 is 1. The predicted molar refractivity (Wildman–Crippen MR) is 95.0 cm³/mol. The molecule has 0 saturated heterocycles. The van der Waals surface area contributed by atoms with Gasteiger partial charge < -0.3 is 14.7 Å². The van der Waals surface area contributed by atoms with Gasteiger partial charge in [0.25, 0.3) is 0 Å². The molecule has 2 aromatic carbocycles. The summed E-state index contributed by atoms with van der Waals surface area (Å²) in [6.07, 6.45) is 0.347. The maximum Gasteiger partial charge on any atom is 0.337 e. The zero-order valence-corrected chi connectivity index (χ0v) is 14.5. The van der Waals surface area contributed by atoms with Crippen molar-refractivity contribution < 1.29 is 14.6 Å². The van der Waals surface area contributed by atoms with E-state index in [9.17, 15) is 9.90 Å². The monoisotopic (exact) mass is 327 g/mol. The van der Waals surface area contributed by atoms with Gasteiger partial charge in [0.2, 0.25) is 0 Å². The largest absolute Gasteiger partial charge is 0.465 e. The molecule has 0 spiro atoms. The van der Waals surface area contributed by atoms with Crippen LogP contribution in [-0.4, -0.2) is 42.7 Å². The zero-order chi connectivity index (χ0) is 17.5. The minimum Gasteiger partial charge on any atom is -0.465 e. The first-order valence-corrected chi connectivity index (χ1v) is 8.11. The molecule has 0 bridgehead atoms. The number of aliphatic hydroxyl groups excluding tert-OH is 1. The molecule has 24 heavy (non-hydrogen) atoms. The van der Waals surface area contributed by atoms with Crippen LogP contribution in [0, 0.1) is 0 Å². The summed E-state index contributed by atoms with van der Waals surface area (Å²) in [5, 5.41) is 10.3. The molecule has 1 N–H and O–H groups in total. The zero-order valence-electron chi connectivity index (χ0n) is 14.5. The number of aliphatic hydroxyl groups is 1. The van der Waals surface area contributed by atoms with Crippen LogP contribution in [0.5, 0.6) is 0 Å². The highest BCUT2D eigenvalue weighted by molar-refractivity contribution is 5.89. The van der Waals surface area contributed by atoms with E-state index in [2.05, 4.69) is 11.8 Å². The normalized spacial score (nSPS) is 13.5. The third-order valence-corrected chi connectivity index (χ3v) is 4.30. The number of carbonyl (C=O) groups excluding carboxylic acids is 1. The number of rotatable bonds is 7. The first-order valence-electron chi connectivity index (χ1n) is 8.11. The number of benzene rings is 2. The molecule has 0 aliphatic carbocycles. The van der Waals surface area contributed by atoms with Crippen LogP contribution >= 0.6 is 0 Å². The van der Waals surface area contributed by atoms with Crippen molar-refractivity contribution in [3.05, 3.63) is 71.3 Å². The predicted octanol–water partition coefficient (Wildman–Crippen LogP) is 3.07. The van der Waals surface area contributed by atoms with Crippen molar-refractivity contribution in [2.75, 3.05) is 20.7 Å². The topological polar surface area (TPSA) is 49.8 Å². The fourth-order valence-electron chi connectivity index (χ4n) is 2.63. The molecule has 0 fully saturated rings. The fraction of sp³-hybridized carbons (Fsp3) is 0.350. The minimum atomic E-state index is -0.500. The van der Waals surface area contributed by atoms with E-state index in [-0.39, 0.29) is 12.0 Å². The van der Waals surface area contributed by atoms with Gasteiger partial charge in [-0.2, -0.15) is 0 Å². The summed E-state index contributed by atoms with van der Waals surface area (Å²) in [7, 11) is 3.39. The first kappa shape index (κ1) is 18.2. The van der Waals surface area contributed by atoms with Gasteiger partial charge in [0.1, 0.15) is 0 Å². The summed E-state index contributed by atoms with van der Waals surface area (Å²) in [4.78, 5) is 13.6. The Kier molecular flexibility index (Phi) is 6.53. The Bertz CT molecular complexity index is 640. The molecule has 0 saturated carbocycles. The van der Waals surface area contributed by atoms with Gasteiger partial charge in [0.15, 0.2) is 0 Å². The number of ether oxygens (including phenoxy) is 1. The minimum absolute atomic E-state index is 0.271. The summed E-state index contributed by atoms with van der Waals surface area (Å²) >= 11 is 0. The van der Waals surface area contributed by atoms with Crippen molar-refractivity contribution >= 4 is 5.97 Å². The lowest BCUT2D eigenvalue weighted by Crippen LogP contribution is -2.34. The lowest BCUT2D eigenvalue weighted by atomic mass is 10.0. The molecule has 0 amide bonds. The van der Waals surface area contributed by atoms with E-state index in [1.54, 1.807) is 12.1 Å². The number of nitrogens with zero attached hydrogens (tertiary/aromatic N) is 1. The summed E-state index contributed by atoms with van der Waals surface area (Å²) in [6.45, 7) is 2.71. The summed E-state index contributed by atoms with van der Waals surface area (Å²) in [5.74, 6) is -0.322. The van der Waals surface area contributed by atoms with Crippen molar-refractivity contribution in [2.45, 2.75) is 25.5 Å². The highest BCUT2D eigenvalue weighted by Gasteiger charge is 2.16. The van der Waals surface area contributed by atoms with Crippen LogP contribution in [0.2, 0.25) is 0 Å². The van der Waals surface area contributed by atoms with Crippen molar-refractivity contribution in [3.63, 3.8) is 0 Å². The van der Waals surface area contributed by atoms with Gasteiger partial charge in [-0.3, -0.25) is 0 Å². The van der Waals surface area contributed by atoms with Crippen LogP contribution in [0.3, 0.4) is 0 Å². The average Bonchev–Trinajstić information content (AvgIpc) is 2.62. The molecule has 2 atom stereocenters. The standard InChI is InChI=1S/C20H25NO3/c1-15(13-16-9-11-18(12-10-16)20(23)24-3)21(2)14-19(22)17-7-5-4-6-8-17/h4-12,15,19,22H,13-14H2,1-3H3/t15?,19-/m1/s1. The Balaban J connectivity index is 1.91. The van der Waals surface area contributed by atoms with Crippen LogP contribution in [0.1, 0.15) is 34.5 Å². The molecule has 0 aliphatic heterocycles. The van der Waals surface area contributed by atoms with Gasteiger partial charge in [-0.05, 0) is 43.7 Å². The SMILES string of the molecule is COC(=O)c1ccc(CC(C)N(C)C[C@@H](O)c2ccccc2)cc1. The molecule has 2 aromatic rings. The number of esters is 1. The smallest absolute Gasteiger partial charge is 0.337 e. The Labute approximate surface area is 143 Å². The second-order valence-corrected chi connectivity index (χ2v) is 6.11. The molecule has 0 aliphatic rings. The quantitative estimate of drug-likeness (QED) is 0.794. The molecular weight excluding hydrogens is 302 g/mol. The number of hydrogen-bond donors (Lipinski definition) is 1. The Morgan fingerprint density at radius 3 is 2.33 bits per heavy atom. The van der Waals surface area contributed by atoms with E-state index in [1.807, 2.05) is 49.5 Å². The highest BCUT2D eigenvalue weighted by Crippen LogP contribution is 2.16. The lowest BCUT2D eigenvalue weighted by molar-refractivity contribution is 0.0600. The maximum absolute atomic E-state index is 11.5. The van der Waals surface area contributed by atoms with Crippen LogP contribution < -0.4 is 0 Å². The summed E-state index contributed by atoms with van der Waals surface area (Å²) in [6, 6.07) is 17.4. The van der Waals surface area contributed by atoms with Gasteiger partial charge in [-0.25, -0.2) is 4.79 Å². The van der Waals surface area contributed by atoms with Gasteiger partial charge in [-0.1, -0.05) is 42.5 Å². The van der Waals surface area contributed by atoms with Crippen LogP contribution in [0.15, 0.2) is 54.6 Å². The van der Waals surface area contributed by atoms with E-state index in [0.717, 1.165) is 17.5 Å². The molecule has 0 radical (unpaired) electrons. The fourth-order valence-corrected chi connectivity index (χ4v) is 2.63. The number of carbonyl (C=O) groups is 1. The molecule has 2 rings (SSSR count). The molecule has 4 heteroatoms. The Morgan fingerprint density at radius 1 is 1.12 bits per heavy atom.